The van der Waals surface area contributed by atoms with Crippen molar-refractivity contribution in [2.75, 3.05) is 36.5 Å². The van der Waals surface area contributed by atoms with Crippen LogP contribution in [-0.4, -0.2) is 43.2 Å². The van der Waals surface area contributed by atoms with E-state index in [1.165, 1.54) is 0 Å². The Hall–Kier alpha value is -2.35. The molecule has 1 amide bonds. The summed E-state index contributed by atoms with van der Waals surface area (Å²) in [5, 5.41) is 14.4. The number of nitrogens with two attached hydrogens (primary N) is 1. The van der Waals surface area contributed by atoms with Crippen LogP contribution in [0, 0.1) is 10.1 Å². The number of anilines is 2. The first-order valence-corrected chi connectivity index (χ1v) is 6.71. The monoisotopic (exact) mass is 294 g/mol. The molecule has 3 N–H and O–H groups in total. The molecule has 8 heteroatoms. The summed E-state index contributed by atoms with van der Waals surface area (Å²) in [5.74, 6) is -0.558. The van der Waals surface area contributed by atoms with Gasteiger partial charge in [-0.3, -0.25) is 14.9 Å². The Morgan fingerprint density at radius 3 is 3.00 bits per heavy atom. The highest BCUT2D eigenvalue weighted by Gasteiger charge is 2.33. The molecule has 0 radical (unpaired) electrons. The molecule has 21 heavy (non-hydrogen) atoms. The predicted molar refractivity (Wildman–Crippen MR) is 78.4 cm³/mol. The van der Waals surface area contributed by atoms with Crippen LogP contribution < -0.4 is 16.0 Å². The van der Waals surface area contributed by atoms with Crippen LogP contribution in [0.1, 0.15) is 6.92 Å². The van der Waals surface area contributed by atoms with Crippen molar-refractivity contribution in [3.63, 3.8) is 0 Å². The third kappa shape index (κ3) is 3.05. The number of hydrogen-bond acceptors (Lipinski definition) is 6. The van der Waals surface area contributed by atoms with Crippen LogP contribution in [0.2, 0.25) is 0 Å². The summed E-state index contributed by atoms with van der Waals surface area (Å²) in [6, 6.07) is 4.29. The van der Waals surface area contributed by atoms with Gasteiger partial charge in [-0.1, -0.05) is 6.07 Å². The summed E-state index contributed by atoms with van der Waals surface area (Å²) >= 11 is 0. The lowest BCUT2D eigenvalue weighted by molar-refractivity contribution is -0.383. The number of ether oxygens (including phenoxy) is 1. The minimum absolute atomic E-state index is 0.0486. The molecule has 1 saturated heterocycles. The second-order valence-corrected chi connectivity index (χ2v) is 4.65. The average molecular weight is 294 g/mol. The summed E-state index contributed by atoms with van der Waals surface area (Å²) in [7, 11) is 0. The topological polar surface area (TPSA) is 111 Å². The molecule has 2 rings (SSSR count). The Labute approximate surface area is 122 Å². The molecule has 1 aromatic rings. The van der Waals surface area contributed by atoms with Gasteiger partial charge in [0.25, 0.3) is 0 Å². The summed E-state index contributed by atoms with van der Waals surface area (Å²) in [5.41, 5.74) is 6.13. The van der Waals surface area contributed by atoms with Gasteiger partial charge in [0.05, 0.1) is 18.1 Å². The zero-order valence-corrected chi connectivity index (χ0v) is 11.7. The van der Waals surface area contributed by atoms with Crippen molar-refractivity contribution in [2.24, 2.45) is 5.73 Å². The number of carbonyl (C=O) groups excluding carboxylic acids is 1. The Balaban J connectivity index is 2.48. The summed E-state index contributed by atoms with van der Waals surface area (Å²) in [6.45, 7) is 3.33. The van der Waals surface area contributed by atoms with Crippen molar-refractivity contribution < 1.29 is 14.5 Å². The molecular formula is C13H18N4O4. The first-order valence-electron chi connectivity index (χ1n) is 6.71. The molecule has 1 heterocycles. The quantitative estimate of drug-likeness (QED) is 0.611. The molecule has 1 aliphatic rings. The van der Waals surface area contributed by atoms with Crippen LogP contribution in [0.3, 0.4) is 0 Å². The fraction of sp³-hybridized carbons (Fsp3) is 0.462. The molecule has 1 aromatic carbocycles. The maximum atomic E-state index is 11.5. The molecule has 0 spiro atoms. The largest absolute Gasteiger partial charge is 0.380 e. The molecule has 1 fully saturated rings. The van der Waals surface area contributed by atoms with E-state index in [1.807, 2.05) is 6.92 Å². The fourth-order valence-corrected chi connectivity index (χ4v) is 2.42. The van der Waals surface area contributed by atoms with Crippen LogP contribution in [-0.2, 0) is 9.53 Å². The molecule has 0 aliphatic carbocycles. The van der Waals surface area contributed by atoms with Crippen molar-refractivity contribution in [1.82, 2.24) is 0 Å². The second-order valence-electron chi connectivity index (χ2n) is 4.65. The SMILES string of the molecule is CCNc1cccc(N2CCOCC2C(N)=O)c1[N+](=O)[O-]. The fourth-order valence-electron chi connectivity index (χ4n) is 2.42. The number of carbonyl (C=O) groups is 1. The molecular weight excluding hydrogens is 276 g/mol. The summed E-state index contributed by atoms with van der Waals surface area (Å²) < 4.78 is 5.25. The maximum absolute atomic E-state index is 11.5. The number of nitro benzene ring substituents is 1. The van der Waals surface area contributed by atoms with E-state index in [-0.39, 0.29) is 12.3 Å². The van der Waals surface area contributed by atoms with E-state index in [9.17, 15) is 14.9 Å². The summed E-state index contributed by atoms with van der Waals surface area (Å²) in [4.78, 5) is 24.2. The van der Waals surface area contributed by atoms with Crippen molar-refractivity contribution in [3.05, 3.63) is 28.3 Å². The number of hydrogen-bond donors (Lipinski definition) is 2. The molecule has 1 unspecified atom stereocenters. The highest BCUT2D eigenvalue weighted by atomic mass is 16.6. The zero-order chi connectivity index (χ0) is 15.4. The van der Waals surface area contributed by atoms with Crippen LogP contribution in [0.5, 0.6) is 0 Å². The van der Waals surface area contributed by atoms with Gasteiger partial charge >= 0.3 is 5.69 Å². The van der Waals surface area contributed by atoms with E-state index >= 15 is 0 Å². The van der Waals surface area contributed by atoms with Crippen molar-refractivity contribution in [2.45, 2.75) is 13.0 Å². The van der Waals surface area contributed by atoms with Gasteiger partial charge in [0.2, 0.25) is 5.91 Å². The van der Waals surface area contributed by atoms with Gasteiger partial charge in [0.1, 0.15) is 17.4 Å². The van der Waals surface area contributed by atoms with Crippen LogP contribution in [0.25, 0.3) is 0 Å². The number of rotatable bonds is 5. The van der Waals surface area contributed by atoms with Crippen LogP contribution in [0.15, 0.2) is 18.2 Å². The molecule has 0 saturated carbocycles. The third-order valence-corrected chi connectivity index (χ3v) is 3.33. The number of primary amides is 1. The highest BCUT2D eigenvalue weighted by Crippen LogP contribution is 2.36. The first kappa shape index (κ1) is 15.0. The van der Waals surface area contributed by atoms with E-state index in [0.717, 1.165) is 0 Å². The first-order chi connectivity index (χ1) is 10.1. The predicted octanol–water partition coefficient (Wildman–Crippen LogP) is 0.717. The Bertz CT molecular complexity index is 549. The molecule has 1 aliphatic heterocycles. The van der Waals surface area contributed by atoms with Gasteiger partial charge < -0.3 is 20.7 Å². The van der Waals surface area contributed by atoms with Gasteiger partial charge in [0, 0.05) is 13.1 Å². The Morgan fingerprint density at radius 1 is 1.62 bits per heavy atom. The van der Waals surface area contributed by atoms with Crippen molar-refractivity contribution >= 4 is 23.0 Å². The minimum Gasteiger partial charge on any atom is -0.380 e. The van der Waals surface area contributed by atoms with Crippen molar-refractivity contribution in [3.8, 4) is 0 Å². The number of nitrogens with one attached hydrogen (secondary N) is 1. The second kappa shape index (κ2) is 6.40. The van der Waals surface area contributed by atoms with Gasteiger partial charge in [-0.05, 0) is 19.1 Å². The normalized spacial score (nSPS) is 18.3. The number of para-hydroxylation sites is 1. The van der Waals surface area contributed by atoms with Crippen molar-refractivity contribution in [1.29, 1.82) is 0 Å². The van der Waals surface area contributed by atoms with E-state index in [2.05, 4.69) is 5.32 Å². The van der Waals surface area contributed by atoms with E-state index < -0.39 is 16.9 Å². The number of nitrogens with zero attached hydrogens (tertiary/aromatic N) is 2. The molecule has 0 bridgehead atoms. The maximum Gasteiger partial charge on any atom is 0.315 e. The standard InChI is InChI=1S/C13H18N4O4/c1-2-15-9-4-3-5-10(12(9)17(19)20)16-6-7-21-8-11(16)13(14)18/h3-5,11,15H,2,6-8H2,1H3,(H2,14,18). The molecule has 1 atom stereocenters. The number of amides is 1. The van der Waals surface area contributed by atoms with Gasteiger partial charge in [-0.25, -0.2) is 0 Å². The number of morpholine rings is 1. The van der Waals surface area contributed by atoms with Crippen LogP contribution >= 0.6 is 0 Å². The number of benzene rings is 1. The molecule has 114 valence electrons. The zero-order valence-electron chi connectivity index (χ0n) is 11.7. The van der Waals surface area contributed by atoms with Gasteiger partial charge in [-0.15, -0.1) is 0 Å². The van der Waals surface area contributed by atoms with Crippen LogP contribution in [0.4, 0.5) is 17.1 Å². The summed E-state index contributed by atoms with van der Waals surface area (Å²) in [6.07, 6.45) is 0. The number of nitro groups is 1. The van der Waals surface area contributed by atoms with E-state index in [0.29, 0.717) is 31.1 Å². The van der Waals surface area contributed by atoms with E-state index in [4.69, 9.17) is 10.5 Å². The Morgan fingerprint density at radius 2 is 2.38 bits per heavy atom. The lowest BCUT2D eigenvalue weighted by Crippen LogP contribution is -2.52. The minimum atomic E-state index is -0.700. The molecule has 8 nitrogen and oxygen atoms in total. The third-order valence-electron chi connectivity index (χ3n) is 3.33. The smallest absolute Gasteiger partial charge is 0.315 e. The lowest BCUT2D eigenvalue weighted by atomic mass is 10.1. The lowest BCUT2D eigenvalue weighted by Gasteiger charge is -2.35. The average Bonchev–Trinajstić information content (AvgIpc) is 2.47. The van der Waals surface area contributed by atoms with Gasteiger partial charge in [0.15, 0.2) is 0 Å². The Kier molecular flexibility index (Phi) is 4.59. The molecule has 0 aromatic heterocycles. The van der Waals surface area contributed by atoms with Gasteiger partial charge in [-0.2, -0.15) is 0 Å². The van der Waals surface area contributed by atoms with E-state index in [1.54, 1.807) is 23.1 Å². The highest BCUT2D eigenvalue weighted by molar-refractivity contribution is 5.87.